The van der Waals surface area contributed by atoms with Gasteiger partial charge in [-0.2, -0.15) is 0 Å². The molecule has 0 bridgehead atoms. The predicted octanol–water partition coefficient (Wildman–Crippen LogP) is 4.24. The molecular formula is C21H33FO4Si. The number of halogens is 1. The first-order valence-corrected chi connectivity index (χ1v) is 12.9. The molecule has 152 valence electrons. The van der Waals surface area contributed by atoms with Crippen LogP contribution < -0.4 is 0 Å². The Morgan fingerprint density at radius 2 is 1.70 bits per heavy atom. The van der Waals surface area contributed by atoms with E-state index in [0.29, 0.717) is 50.9 Å². The predicted molar refractivity (Wildman–Crippen MR) is 105 cm³/mol. The third kappa shape index (κ3) is 4.30. The number of aliphatic hydroxyl groups is 1. The Balaban J connectivity index is 1.68. The molecule has 1 aliphatic heterocycles. The molecule has 4 nitrogen and oxygen atoms in total. The first-order valence-electron chi connectivity index (χ1n) is 9.98. The van der Waals surface area contributed by atoms with Gasteiger partial charge in [-0.1, -0.05) is 26.0 Å². The topological polar surface area (TPSA) is 58.9 Å². The van der Waals surface area contributed by atoms with Crippen molar-refractivity contribution in [3.8, 4) is 0 Å². The van der Waals surface area contributed by atoms with Crippen molar-refractivity contribution in [2.75, 3.05) is 13.2 Å². The molecule has 0 atom stereocenters. The highest BCUT2D eigenvalue weighted by molar-refractivity contribution is 6.72. The van der Waals surface area contributed by atoms with E-state index in [4.69, 9.17) is 9.47 Å². The lowest BCUT2D eigenvalue weighted by Crippen LogP contribution is -2.42. The van der Waals surface area contributed by atoms with E-state index in [1.54, 1.807) is 12.1 Å². The van der Waals surface area contributed by atoms with Gasteiger partial charge in [-0.25, -0.2) is 4.39 Å². The van der Waals surface area contributed by atoms with Crippen LogP contribution in [0.3, 0.4) is 0 Å². The number of hydrogen-bond acceptors (Lipinski definition) is 4. The first-order chi connectivity index (χ1) is 12.5. The van der Waals surface area contributed by atoms with Gasteiger partial charge < -0.3 is 19.4 Å². The van der Waals surface area contributed by atoms with Crippen LogP contribution in [-0.4, -0.2) is 37.2 Å². The fourth-order valence-corrected chi connectivity index (χ4v) is 4.69. The average Bonchev–Trinajstić information content (AvgIpc) is 3.04. The van der Waals surface area contributed by atoms with Crippen molar-refractivity contribution in [3.05, 3.63) is 35.1 Å². The van der Waals surface area contributed by atoms with Gasteiger partial charge in [0.2, 0.25) is 0 Å². The Bertz CT molecular complexity index is 667. The minimum atomic E-state index is -2.28. The molecule has 2 fully saturated rings. The summed E-state index contributed by atoms with van der Waals surface area (Å²) in [5.41, 5.74) is 0.110. The largest absolute Gasteiger partial charge is 0.432 e. The van der Waals surface area contributed by atoms with Crippen molar-refractivity contribution >= 4 is 8.32 Å². The van der Waals surface area contributed by atoms with Crippen molar-refractivity contribution in [2.24, 2.45) is 0 Å². The summed E-state index contributed by atoms with van der Waals surface area (Å²) >= 11 is 0. The van der Waals surface area contributed by atoms with Crippen LogP contribution in [0.5, 0.6) is 0 Å². The number of benzene rings is 1. The van der Waals surface area contributed by atoms with E-state index in [9.17, 15) is 14.3 Å². The fourth-order valence-electron chi connectivity index (χ4n) is 3.95. The van der Waals surface area contributed by atoms with E-state index in [1.165, 1.54) is 0 Å². The maximum absolute atomic E-state index is 14.8. The van der Waals surface area contributed by atoms with Crippen molar-refractivity contribution in [3.63, 3.8) is 0 Å². The second kappa shape index (κ2) is 7.23. The molecule has 6 heteroatoms. The Kier molecular flexibility index (Phi) is 5.60. The van der Waals surface area contributed by atoms with Crippen LogP contribution in [-0.2, 0) is 21.5 Å². The van der Waals surface area contributed by atoms with Crippen LogP contribution in [0, 0.1) is 5.82 Å². The molecule has 1 aliphatic carbocycles. The fraction of sp³-hybridized carbons (Fsp3) is 0.714. The SMILES string of the molecule is CC(C)(CCc1ccc(C2(O)CCC3(CC2)OCCO3)c(F)c1)[Si](C)(C)O. The summed E-state index contributed by atoms with van der Waals surface area (Å²) in [4.78, 5) is 10.4. The molecule has 27 heavy (non-hydrogen) atoms. The zero-order chi connectivity index (χ0) is 19.9. The van der Waals surface area contributed by atoms with Crippen molar-refractivity contribution in [2.45, 2.75) is 81.9 Å². The molecule has 0 unspecified atom stereocenters. The molecule has 2 aliphatic rings. The van der Waals surface area contributed by atoms with Crippen molar-refractivity contribution in [1.29, 1.82) is 0 Å². The van der Waals surface area contributed by atoms with E-state index in [0.717, 1.165) is 12.0 Å². The molecule has 1 heterocycles. The van der Waals surface area contributed by atoms with E-state index < -0.39 is 19.7 Å². The standard InChI is InChI=1S/C21H33FO4Si/c1-19(2,27(3,4)24)8-7-16-5-6-17(18(22)15-16)20(23)9-11-21(12-10-20)25-13-14-26-21/h5-6,15,23-24H,7-14H2,1-4H3. The van der Waals surface area contributed by atoms with Gasteiger partial charge in [0.05, 0.1) is 18.8 Å². The maximum Gasteiger partial charge on any atom is 0.188 e. The number of rotatable bonds is 5. The van der Waals surface area contributed by atoms with Crippen LogP contribution in [0.25, 0.3) is 0 Å². The molecule has 1 saturated carbocycles. The third-order valence-electron chi connectivity index (χ3n) is 6.88. The molecule has 1 saturated heterocycles. The minimum absolute atomic E-state index is 0.140. The number of aryl methyl sites for hydroxylation is 1. The summed E-state index contributed by atoms with van der Waals surface area (Å²) < 4.78 is 26.3. The molecule has 0 aromatic heterocycles. The Labute approximate surface area is 162 Å². The summed E-state index contributed by atoms with van der Waals surface area (Å²) in [6.07, 6.45) is 3.54. The van der Waals surface area contributed by atoms with Gasteiger partial charge in [0.15, 0.2) is 14.1 Å². The molecule has 1 spiro atoms. The van der Waals surface area contributed by atoms with E-state index in [2.05, 4.69) is 13.8 Å². The van der Waals surface area contributed by atoms with Crippen LogP contribution in [0.2, 0.25) is 18.1 Å². The van der Waals surface area contributed by atoms with Gasteiger partial charge in [0.25, 0.3) is 0 Å². The molecule has 0 amide bonds. The lowest BCUT2D eigenvalue weighted by atomic mass is 9.76. The zero-order valence-corrected chi connectivity index (χ0v) is 18.0. The third-order valence-corrected chi connectivity index (χ3v) is 10.4. The van der Waals surface area contributed by atoms with Crippen LogP contribution >= 0.6 is 0 Å². The number of ether oxygens (including phenoxy) is 2. The van der Waals surface area contributed by atoms with Gasteiger partial charge in [0, 0.05) is 18.4 Å². The molecule has 1 aromatic carbocycles. The lowest BCUT2D eigenvalue weighted by Gasteiger charge is -2.41. The molecule has 2 N–H and O–H groups in total. The van der Waals surface area contributed by atoms with Crippen molar-refractivity contribution in [1.82, 2.24) is 0 Å². The summed E-state index contributed by atoms with van der Waals surface area (Å²) in [7, 11) is -2.28. The molecule has 1 aromatic rings. The Morgan fingerprint density at radius 1 is 1.11 bits per heavy atom. The summed E-state index contributed by atoms with van der Waals surface area (Å²) in [6.45, 7) is 9.23. The second-order valence-electron chi connectivity index (χ2n) is 9.40. The minimum Gasteiger partial charge on any atom is -0.432 e. The molecular weight excluding hydrogens is 363 g/mol. The van der Waals surface area contributed by atoms with Gasteiger partial charge in [0.1, 0.15) is 5.82 Å². The Morgan fingerprint density at radius 3 is 2.22 bits per heavy atom. The van der Waals surface area contributed by atoms with E-state index >= 15 is 0 Å². The van der Waals surface area contributed by atoms with Crippen LogP contribution in [0.4, 0.5) is 4.39 Å². The summed E-state index contributed by atoms with van der Waals surface area (Å²) in [6, 6.07) is 5.18. The highest BCUT2D eigenvalue weighted by Crippen LogP contribution is 2.46. The van der Waals surface area contributed by atoms with Crippen LogP contribution in [0.1, 0.15) is 57.1 Å². The van der Waals surface area contributed by atoms with Crippen LogP contribution in [0.15, 0.2) is 18.2 Å². The Hall–Kier alpha value is -0.793. The van der Waals surface area contributed by atoms with Crippen molar-refractivity contribution < 1.29 is 23.8 Å². The smallest absolute Gasteiger partial charge is 0.188 e. The highest BCUT2D eigenvalue weighted by atomic mass is 28.4. The molecule has 3 rings (SSSR count). The maximum atomic E-state index is 14.8. The number of hydrogen-bond donors (Lipinski definition) is 2. The quantitative estimate of drug-likeness (QED) is 0.731. The highest BCUT2D eigenvalue weighted by Gasteiger charge is 2.47. The normalized spacial score (nSPS) is 22.3. The lowest BCUT2D eigenvalue weighted by molar-refractivity contribution is -0.204. The summed E-state index contributed by atoms with van der Waals surface area (Å²) in [5, 5.41) is 10.9. The zero-order valence-electron chi connectivity index (χ0n) is 17.0. The van der Waals surface area contributed by atoms with Gasteiger partial charge in [-0.05, 0) is 55.4 Å². The molecule has 0 radical (unpaired) electrons. The van der Waals surface area contributed by atoms with Gasteiger partial charge in [-0.3, -0.25) is 0 Å². The first kappa shape index (κ1) is 20.9. The van der Waals surface area contributed by atoms with Gasteiger partial charge in [-0.15, -0.1) is 0 Å². The monoisotopic (exact) mass is 396 g/mol. The van der Waals surface area contributed by atoms with E-state index in [-0.39, 0.29) is 10.9 Å². The average molecular weight is 397 g/mol. The van der Waals surface area contributed by atoms with E-state index in [1.807, 2.05) is 19.2 Å². The summed E-state index contributed by atoms with van der Waals surface area (Å²) in [5.74, 6) is -0.924. The van der Waals surface area contributed by atoms with Gasteiger partial charge >= 0.3 is 0 Å². The second-order valence-corrected chi connectivity index (χ2v) is 13.9.